The van der Waals surface area contributed by atoms with Crippen LogP contribution >= 0.6 is 11.6 Å². The van der Waals surface area contributed by atoms with E-state index in [0.717, 1.165) is 30.0 Å². The Morgan fingerprint density at radius 2 is 1.89 bits per heavy atom. The molecule has 1 aliphatic carbocycles. The topological polar surface area (TPSA) is 37.8 Å². The second kappa shape index (κ2) is 5.04. The summed E-state index contributed by atoms with van der Waals surface area (Å²) in [6, 6.07) is 0. The standard InChI is InChI=1S/C14H22ClN3/c1-5-14(4,6-2)18-12-9(3)11(15)16-13(17-12)10-7-8-10/h10H,5-8H2,1-4H3,(H,16,17,18). The Hall–Kier alpha value is -0.830. The van der Waals surface area contributed by atoms with Gasteiger partial charge in [0.1, 0.15) is 16.8 Å². The highest BCUT2D eigenvalue weighted by Crippen LogP contribution is 2.39. The van der Waals surface area contributed by atoms with Gasteiger partial charge in [0.2, 0.25) is 0 Å². The van der Waals surface area contributed by atoms with Crippen molar-refractivity contribution in [1.82, 2.24) is 9.97 Å². The summed E-state index contributed by atoms with van der Waals surface area (Å²) in [5, 5.41) is 4.14. The minimum absolute atomic E-state index is 0.0727. The van der Waals surface area contributed by atoms with Crippen LogP contribution in [-0.4, -0.2) is 15.5 Å². The van der Waals surface area contributed by atoms with E-state index in [9.17, 15) is 0 Å². The van der Waals surface area contributed by atoms with Crippen LogP contribution in [0.4, 0.5) is 5.82 Å². The summed E-state index contributed by atoms with van der Waals surface area (Å²) in [5.74, 6) is 2.34. The molecule has 3 nitrogen and oxygen atoms in total. The highest BCUT2D eigenvalue weighted by atomic mass is 35.5. The molecule has 1 saturated carbocycles. The predicted octanol–water partition coefficient (Wildman–Crippen LogP) is 4.31. The van der Waals surface area contributed by atoms with E-state index in [1.807, 2.05) is 6.92 Å². The van der Waals surface area contributed by atoms with Crippen molar-refractivity contribution in [3.63, 3.8) is 0 Å². The van der Waals surface area contributed by atoms with Crippen molar-refractivity contribution >= 4 is 17.4 Å². The molecule has 0 amide bonds. The Kier molecular flexibility index (Phi) is 3.81. The molecule has 0 unspecified atom stereocenters. The first-order chi connectivity index (χ1) is 8.49. The second-order valence-electron chi connectivity index (χ2n) is 5.51. The van der Waals surface area contributed by atoms with Gasteiger partial charge in [0.25, 0.3) is 0 Å². The van der Waals surface area contributed by atoms with Gasteiger partial charge < -0.3 is 5.32 Å². The van der Waals surface area contributed by atoms with Crippen LogP contribution < -0.4 is 5.32 Å². The van der Waals surface area contributed by atoms with Gasteiger partial charge in [0.15, 0.2) is 0 Å². The molecule has 0 spiro atoms. The molecule has 0 aromatic carbocycles. The summed E-state index contributed by atoms with van der Waals surface area (Å²) in [4.78, 5) is 9.06. The van der Waals surface area contributed by atoms with Gasteiger partial charge in [0, 0.05) is 17.0 Å². The van der Waals surface area contributed by atoms with Crippen LogP contribution in [0, 0.1) is 6.92 Å². The smallest absolute Gasteiger partial charge is 0.137 e. The number of aromatic nitrogens is 2. The third-order valence-electron chi connectivity index (χ3n) is 4.03. The maximum Gasteiger partial charge on any atom is 0.137 e. The maximum atomic E-state index is 6.21. The lowest BCUT2D eigenvalue weighted by Crippen LogP contribution is -2.34. The van der Waals surface area contributed by atoms with Crippen molar-refractivity contribution in [1.29, 1.82) is 0 Å². The minimum Gasteiger partial charge on any atom is -0.365 e. The molecule has 0 saturated heterocycles. The zero-order chi connectivity index (χ0) is 13.3. The predicted molar refractivity (Wildman–Crippen MR) is 76.4 cm³/mol. The minimum atomic E-state index is 0.0727. The van der Waals surface area contributed by atoms with Crippen LogP contribution in [0.5, 0.6) is 0 Å². The Bertz CT molecular complexity index is 437. The average Bonchev–Trinajstić information content (AvgIpc) is 3.18. The molecule has 1 aromatic rings. The number of rotatable bonds is 5. The molecule has 1 N–H and O–H groups in total. The summed E-state index contributed by atoms with van der Waals surface area (Å²) < 4.78 is 0. The fourth-order valence-corrected chi connectivity index (χ4v) is 2.04. The SMILES string of the molecule is CCC(C)(CC)Nc1nc(C2CC2)nc(Cl)c1C. The molecular weight excluding hydrogens is 246 g/mol. The van der Waals surface area contributed by atoms with Crippen molar-refractivity contribution in [3.8, 4) is 0 Å². The Balaban J connectivity index is 2.31. The van der Waals surface area contributed by atoms with Crippen LogP contribution in [0.1, 0.15) is 63.8 Å². The highest BCUT2D eigenvalue weighted by molar-refractivity contribution is 6.30. The molecule has 2 rings (SSSR count). The molecule has 18 heavy (non-hydrogen) atoms. The monoisotopic (exact) mass is 267 g/mol. The van der Waals surface area contributed by atoms with Crippen LogP contribution in [0.2, 0.25) is 5.15 Å². The van der Waals surface area contributed by atoms with Crippen molar-refractivity contribution in [2.45, 2.75) is 64.8 Å². The number of nitrogens with one attached hydrogen (secondary N) is 1. The number of anilines is 1. The molecular formula is C14H22ClN3. The van der Waals surface area contributed by atoms with E-state index >= 15 is 0 Å². The van der Waals surface area contributed by atoms with Gasteiger partial charge >= 0.3 is 0 Å². The van der Waals surface area contributed by atoms with Crippen LogP contribution in [0.15, 0.2) is 0 Å². The molecule has 1 aromatic heterocycles. The summed E-state index contributed by atoms with van der Waals surface area (Å²) in [6.07, 6.45) is 4.50. The van der Waals surface area contributed by atoms with E-state index in [2.05, 4.69) is 36.1 Å². The van der Waals surface area contributed by atoms with Crippen LogP contribution in [0.3, 0.4) is 0 Å². The Morgan fingerprint density at radius 1 is 1.28 bits per heavy atom. The lowest BCUT2D eigenvalue weighted by molar-refractivity contribution is 0.476. The Morgan fingerprint density at radius 3 is 2.39 bits per heavy atom. The number of hydrogen-bond donors (Lipinski definition) is 1. The van der Waals surface area contributed by atoms with Crippen LogP contribution in [-0.2, 0) is 0 Å². The molecule has 4 heteroatoms. The van der Waals surface area contributed by atoms with E-state index in [4.69, 9.17) is 11.6 Å². The molecule has 0 atom stereocenters. The molecule has 0 aliphatic heterocycles. The van der Waals surface area contributed by atoms with E-state index in [-0.39, 0.29) is 5.54 Å². The fourth-order valence-electron chi connectivity index (χ4n) is 1.86. The lowest BCUT2D eigenvalue weighted by atomic mass is 9.95. The van der Waals surface area contributed by atoms with Gasteiger partial charge in [-0.1, -0.05) is 25.4 Å². The molecule has 1 aliphatic rings. The summed E-state index contributed by atoms with van der Waals surface area (Å²) in [7, 11) is 0. The zero-order valence-electron chi connectivity index (χ0n) is 11.7. The third kappa shape index (κ3) is 2.77. The first kappa shape index (κ1) is 13.6. The maximum absolute atomic E-state index is 6.21. The molecule has 1 heterocycles. The van der Waals surface area contributed by atoms with E-state index in [0.29, 0.717) is 11.1 Å². The van der Waals surface area contributed by atoms with Gasteiger partial charge in [-0.15, -0.1) is 0 Å². The largest absolute Gasteiger partial charge is 0.365 e. The van der Waals surface area contributed by atoms with Gasteiger partial charge in [-0.3, -0.25) is 0 Å². The third-order valence-corrected chi connectivity index (χ3v) is 4.40. The first-order valence-electron chi connectivity index (χ1n) is 6.81. The average molecular weight is 268 g/mol. The van der Waals surface area contributed by atoms with E-state index < -0.39 is 0 Å². The Labute approximate surface area is 114 Å². The summed E-state index contributed by atoms with van der Waals surface area (Å²) in [5.41, 5.74) is 1.03. The quantitative estimate of drug-likeness (QED) is 0.808. The normalized spacial score (nSPS) is 15.8. The van der Waals surface area contributed by atoms with E-state index in [1.54, 1.807) is 0 Å². The molecule has 0 bridgehead atoms. The summed E-state index contributed by atoms with van der Waals surface area (Å²) >= 11 is 6.21. The summed E-state index contributed by atoms with van der Waals surface area (Å²) in [6.45, 7) is 8.58. The van der Waals surface area contributed by atoms with Crippen LogP contribution in [0.25, 0.3) is 0 Å². The van der Waals surface area contributed by atoms with Crippen molar-refractivity contribution in [2.24, 2.45) is 0 Å². The second-order valence-corrected chi connectivity index (χ2v) is 5.87. The number of nitrogens with zero attached hydrogens (tertiary/aromatic N) is 2. The van der Waals surface area contributed by atoms with Gasteiger partial charge in [0.05, 0.1) is 0 Å². The van der Waals surface area contributed by atoms with E-state index in [1.165, 1.54) is 12.8 Å². The lowest BCUT2D eigenvalue weighted by Gasteiger charge is -2.30. The number of halogens is 1. The molecule has 0 radical (unpaired) electrons. The van der Waals surface area contributed by atoms with Crippen molar-refractivity contribution < 1.29 is 0 Å². The molecule has 100 valence electrons. The molecule has 1 fully saturated rings. The zero-order valence-corrected chi connectivity index (χ0v) is 12.4. The number of hydrogen-bond acceptors (Lipinski definition) is 3. The highest BCUT2D eigenvalue weighted by Gasteiger charge is 2.29. The fraction of sp³-hybridized carbons (Fsp3) is 0.714. The van der Waals surface area contributed by atoms with Crippen molar-refractivity contribution in [3.05, 3.63) is 16.5 Å². The first-order valence-corrected chi connectivity index (χ1v) is 7.19. The van der Waals surface area contributed by atoms with Crippen molar-refractivity contribution in [2.75, 3.05) is 5.32 Å². The van der Waals surface area contributed by atoms with Gasteiger partial charge in [-0.2, -0.15) is 0 Å². The van der Waals surface area contributed by atoms with Gasteiger partial charge in [-0.25, -0.2) is 9.97 Å². The van der Waals surface area contributed by atoms with Gasteiger partial charge in [-0.05, 0) is 39.5 Å².